The second-order valence-corrected chi connectivity index (χ2v) is 7.44. The topological polar surface area (TPSA) is 48.5 Å². The molecule has 1 fully saturated rings. The van der Waals surface area contributed by atoms with E-state index >= 15 is 0 Å². The monoisotopic (exact) mass is 358 g/mol. The Labute approximate surface area is 153 Å². The first-order valence-corrected chi connectivity index (χ1v) is 9.74. The molecular weight excluding hydrogens is 332 g/mol. The van der Waals surface area contributed by atoms with E-state index in [2.05, 4.69) is 39.2 Å². The number of aromatic nitrogens is 1. The molecule has 1 saturated heterocycles. The van der Waals surface area contributed by atoms with Gasteiger partial charge >= 0.3 is 0 Å². The van der Waals surface area contributed by atoms with Crippen LogP contribution in [0.2, 0.25) is 0 Å². The van der Waals surface area contributed by atoms with Gasteiger partial charge in [-0.15, -0.1) is 11.3 Å². The standard InChI is InChI=1S/C19H26N4OS/c1-15(17-6-4-3-5-7-17)14-21-18(24)16(2)22-9-11-23(12-10-22)19-20-8-13-25-19/h3-8,13,15-16H,9-12,14H2,1-2H3,(H,21,24). The molecule has 5 nitrogen and oxygen atoms in total. The molecule has 2 aromatic rings. The number of nitrogens with zero attached hydrogens (tertiary/aromatic N) is 3. The zero-order chi connectivity index (χ0) is 17.6. The van der Waals surface area contributed by atoms with Crippen LogP contribution in [-0.2, 0) is 4.79 Å². The van der Waals surface area contributed by atoms with Gasteiger partial charge in [0.1, 0.15) is 0 Å². The summed E-state index contributed by atoms with van der Waals surface area (Å²) in [5.74, 6) is 0.435. The fourth-order valence-corrected chi connectivity index (χ4v) is 3.84. The second-order valence-electron chi connectivity index (χ2n) is 6.57. The van der Waals surface area contributed by atoms with Crippen LogP contribution in [0.5, 0.6) is 0 Å². The molecule has 1 amide bonds. The van der Waals surface area contributed by atoms with Crippen LogP contribution in [-0.4, -0.2) is 54.6 Å². The SMILES string of the molecule is CC(CNC(=O)C(C)N1CCN(c2nccs2)CC1)c1ccccc1. The maximum atomic E-state index is 12.5. The summed E-state index contributed by atoms with van der Waals surface area (Å²) < 4.78 is 0. The molecular formula is C19H26N4OS. The molecule has 0 saturated carbocycles. The van der Waals surface area contributed by atoms with Crippen LogP contribution in [0.3, 0.4) is 0 Å². The van der Waals surface area contributed by atoms with Gasteiger partial charge in [0.25, 0.3) is 0 Å². The number of piperazine rings is 1. The third-order valence-corrected chi connectivity index (χ3v) is 5.71. The molecule has 0 radical (unpaired) electrons. The van der Waals surface area contributed by atoms with Gasteiger partial charge in [-0.25, -0.2) is 4.98 Å². The summed E-state index contributed by atoms with van der Waals surface area (Å²) in [5.41, 5.74) is 1.26. The van der Waals surface area contributed by atoms with Crippen molar-refractivity contribution in [2.75, 3.05) is 37.6 Å². The van der Waals surface area contributed by atoms with Crippen LogP contribution < -0.4 is 10.2 Å². The third kappa shape index (κ3) is 4.58. The number of carbonyl (C=O) groups excluding carboxylic acids is 1. The van der Waals surface area contributed by atoms with Gasteiger partial charge in [-0.05, 0) is 18.4 Å². The molecule has 2 heterocycles. The van der Waals surface area contributed by atoms with Gasteiger partial charge in [0.2, 0.25) is 5.91 Å². The molecule has 1 aromatic heterocycles. The van der Waals surface area contributed by atoms with E-state index in [4.69, 9.17) is 0 Å². The Balaban J connectivity index is 1.45. The first-order valence-electron chi connectivity index (χ1n) is 8.86. The molecule has 0 aliphatic carbocycles. The lowest BCUT2D eigenvalue weighted by Crippen LogP contribution is -2.54. The van der Waals surface area contributed by atoms with Crippen LogP contribution in [0.4, 0.5) is 5.13 Å². The van der Waals surface area contributed by atoms with Crippen LogP contribution in [0, 0.1) is 0 Å². The van der Waals surface area contributed by atoms with Gasteiger partial charge in [-0.2, -0.15) is 0 Å². The highest BCUT2D eigenvalue weighted by atomic mass is 32.1. The van der Waals surface area contributed by atoms with E-state index < -0.39 is 0 Å². The lowest BCUT2D eigenvalue weighted by molar-refractivity contribution is -0.126. The summed E-state index contributed by atoms with van der Waals surface area (Å²) in [6.45, 7) is 8.45. The van der Waals surface area contributed by atoms with E-state index in [-0.39, 0.29) is 11.9 Å². The average molecular weight is 359 g/mol. The van der Waals surface area contributed by atoms with Gasteiger partial charge in [-0.1, -0.05) is 37.3 Å². The van der Waals surface area contributed by atoms with Gasteiger partial charge in [-0.3, -0.25) is 9.69 Å². The van der Waals surface area contributed by atoms with E-state index in [0.717, 1.165) is 31.3 Å². The van der Waals surface area contributed by atoms with E-state index in [9.17, 15) is 4.79 Å². The smallest absolute Gasteiger partial charge is 0.237 e. The molecule has 2 atom stereocenters. The highest BCUT2D eigenvalue weighted by Crippen LogP contribution is 2.19. The number of amides is 1. The molecule has 6 heteroatoms. The highest BCUT2D eigenvalue weighted by molar-refractivity contribution is 7.13. The fourth-order valence-electron chi connectivity index (χ4n) is 3.14. The summed E-state index contributed by atoms with van der Waals surface area (Å²) in [6, 6.07) is 10.2. The molecule has 1 aliphatic heterocycles. The summed E-state index contributed by atoms with van der Waals surface area (Å²) in [7, 11) is 0. The van der Waals surface area contributed by atoms with Crippen molar-refractivity contribution in [1.29, 1.82) is 0 Å². The van der Waals surface area contributed by atoms with Crippen LogP contribution >= 0.6 is 11.3 Å². The molecule has 1 aromatic carbocycles. The van der Waals surface area contributed by atoms with E-state index in [0.29, 0.717) is 12.5 Å². The predicted octanol–water partition coefficient (Wildman–Crippen LogP) is 2.57. The largest absolute Gasteiger partial charge is 0.354 e. The van der Waals surface area contributed by atoms with Crippen LogP contribution in [0.25, 0.3) is 0 Å². The fraction of sp³-hybridized carbons (Fsp3) is 0.474. The van der Waals surface area contributed by atoms with Crippen molar-refractivity contribution in [3.63, 3.8) is 0 Å². The number of hydrogen-bond acceptors (Lipinski definition) is 5. The Morgan fingerprint density at radius 3 is 2.56 bits per heavy atom. The van der Waals surface area contributed by atoms with Crippen molar-refractivity contribution in [2.24, 2.45) is 0 Å². The van der Waals surface area contributed by atoms with Crippen LogP contribution in [0.1, 0.15) is 25.3 Å². The third-order valence-electron chi connectivity index (χ3n) is 4.88. The van der Waals surface area contributed by atoms with Crippen molar-refractivity contribution < 1.29 is 4.79 Å². The molecule has 2 unspecified atom stereocenters. The molecule has 1 aliphatic rings. The normalized spacial score (nSPS) is 17.9. The molecule has 25 heavy (non-hydrogen) atoms. The minimum atomic E-state index is -0.0959. The number of nitrogens with one attached hydrogen (secondary N) is 1. The Bertz CT molecular complexity index is 653. The molecule has 134 valence electrons. The number of rotatable bonds is 6. The van der Waals surface area contributed by atoms with Gasteiger partial charge in [0.15, 0.2) is 5.13 Å². The quantitative estimate of drug-likeness (QED) is 0.862. The number of thiazole rings is 1. The van der Waals surface area contributed by atoms with Gasteiger partial charge < -0.3 is 10.2 Å². The number of hydrogen-bond donors (Lipinski definition) is 1. The Hall–Kier alpha value is -1.92. The lowest BCUT2D eigenvalue weighted by atomic mass is 10.0. The second kappa shape index (κ2) is 8.45. The van der Waals surface area contributed by atoms with Gasteiger partial charge in [0.05, 0.1) is 6.04 Å². The molecule has 0 spiro atoms. The predicted molar refractivity (Wildman–Crippen MR) is 103 cm³/mol. The first-order chi connectivity index (χ1) is 12.1. The minimum absolute atomic E-state index is 0.0959. The van der Waals surface area contributed by atoms with Gasteiger partial charge in [0, 0.05) is 44.3 Å². The zero-order valence-corrected chi connectivity index (χ0v) is 15.7. The summed E-state index contributed by atoms with van der Waals surface area (Å²) in [6.07, 6.45) is 1.84. The average Bonchev–Trinajstić information content (AvgIpc) is 3.21. The van der Waals surface area contributed by atoms with Crippen molar-refractivity contribution in [3.05, 3.63) is 47.5 Å². The Kier molecular flexibility index (Phi) is 6.04. The van der Waals surface area contributed by atoms with E-state index in [1.54, 1.807) is 11.3 Å². The number of benzene rings is 1. The van der Waals surface area contributed by atoms with Crippen molar-refractivity contribution in [3.8, 4) is 0 Å². The summed E-state index contributed by atoms with van der Waals surface area (Å²) in [4.78, 5) is 21.4. The number of anilines is 1. The van der Waals surface area contributed by atoms with Crippen molar-refractivity contribution >= 4 is 22.4 Å². The summed E-state index contributed by atoms with van der Waals surface area (Å²) in [5, 5.41) is 6.20. The lowest BCUT2D eigenvalue weighted by Gasteiger charge is -2.37. The zero-order valence-electron chi connectivity index (χ0n) is 14.9. The van der Waals surface area contributed by atoms with E-state index in [1.807, 2.05) is 36.7 Å². The highest BCUT2D eigenvalue weighted by Gasteiger charge is 2.26. The first kappa shape index (κ1) is 17.9. The molecule has 3 rings (SSSR count). The molecule has 0 bridgehead atoms. The number of carbonyl (C=O) groups is 1. The van der Waals surface area contributed by atoms with E-state index in [1.165, 1.54) is 5.56 Å². The van der Waals surface area contributed by atoms with Crippen molar-refractivity contribution in [2.45, 2.75) is 25.8 Å². The summed E-state index contributed by atoms with van der Waals surface area (Å²) >= 11 is 1.67. The maximum Gasteiger partial charge on any atom is 0.237 e. The Morgan fingerprint density at radius 1 is 1.20 bits per heavy atom. The minimum Gasteiger partial charge on any atom is -0.354 e. The Morgan fingerprint density at radius 2 is 1.92 bits per heavy atom. The maximum absolute atomic E-state index is 12.5. The molecule has 1 N–H and O–H groups in total. The van der Waals surface area contributed by atoms with Crippen LogP contribution in [0.15, 0.2) is 41.9 Å². The van der Waals surface area contributed by atoms with Crippen molar-refractivity contribution in [1.82, 2.24) is 15.2 Å².